The molecule has 0 bridgehead atoms. The summed E-state index contributed by atoms with van der Waals surface area (Å²) in [5, 5.41) is 0. The van der Waals surface area contributed by atoms with Gasteiger partial charge in [-0.25, -0.2) is 0 Å². The second-order valence-electron chi connectivity index (χ2n) is 15.6. The number of benzene rings is 8. The van der Waals surface area contributed by atoms with Crippen LogP contribution in [0.4, 0.5) is 0 Å². The normalized spacial score (nSPS) is 12.3. The van der Waals surface area contributed by atoms with Crippen molar-refractivity contribution in [3.63, 3.8) is 0 Å². The first-order valence-electron chi connectivity index (χ1n) is 20.4. The van der Waals surface area contributed by atoms with Gasteiger partial charge in [-0.2, -0.15) is 8.42 Å². The van der Waals surface area contributed by atoms with E-state index in [0.717, 1.165) is 33.8 Å². The summed E-state index contributed by atoms with van der Waals surface area (Å²) in [5.74, 6) is 1.96. The zero-order valence-electron chi connectivity index (χ0n) is 35.2. The Kier molecular flexibility index (Phi) is 11.8. The van der Waals surface area contributed by atoms with Crippen LogP contribution in [0, 0.1) is 20.8 Å². The number of carbonyl (C=O) groups is 2. The molecule has 8 aromatic carbocycles. The van der Waals surface area contributed by atoms with Gasteiger partial charge in [0.15, 0.2) is 11.6 Å². The minimum atomic E-state index is -4.31. The predicted molar refractivity (Wildman–Crippen MR) is 247 cm³/mol. The lowest BCUT2D eigenvalue weighted by atomic mass is 9.68. The molecule has 0 fully saturated rings. The summed E-state index contributed by atoms with van der Waals surface area (Å²) in [6, 6.07) is 60.0. The summed E-state index contributed by atoms with van der Waals surface area (Å²) in [4.78, 5) is 25.0. The van der Waals surface area contributed by atoms with Crippen LogP contribution in [0.1, 0.15) is 70.8 Å². The molecule has 9 rings (SSSR count). The molecule has 1 aliphatic carbocycles. The van der Waals surface area contributed by atoms with E-state index in [4.69, 9.17) is 14.0 Å². The fraction of sp³-hybridized carbons (Fsp3) is 0.0909. The third-order valence-corrected chi connectivity index (χ3v) is 12.3. The Hall–Kier alpha value is -7.39. The van der Waals surface area contributed by atoms with Crippen LogP contribution >= 0.6 is 0 Å². The van der Waals surface area contributed by atoms with E-state index in [2.05, 4.69) is 72.8 Å². The second kappa shape index (κ2) is 17.5. The number of hydrogen-bond donors (Lipinski definition) is 1. The Morgan fingerprint density at radius 3 is 1.52 bits per heavy atom. The molecule has 0 spiro atoms. The van der Waals surface area contributed by atoms with Crippen LogP contribution in [0.15, 0.2) is 193 Å². The smallest absolute Gasteiger partial charge is 0.294 e. The monoisotopic (exact) mass is 848 g/mol. The fourth-order valence-corrected chi connectivity index (χ4v) is 8.78. The van der Waals surface area contributed by atoms with Crippen molar-refractivity contribution < 1.29 is 32.0 Å². The van der Waals surface area contributed by atoms with Crippen molar-refractivity contribution in [2.24, 2.45) is 0 Å². The lowest BCUT2D eigenvalue weighted by Gasteiger charge is -2.34. The Morgan fingerprint density at radius 2 is 0.984 bits per heavy atom. The van der Waals surface area contributed by atoms with Gasteiger partial charge in [-0.3, -0.25) is 14.1 Å². The fourth-order valence-electron chi connectivity index (χ4n) is 8.25. The second-order valence-corrected chi connectivity index (χ2v) is 17.0. The first-order valence-corrected chi connectivity index (χ1v) is 21.8. The highest BCUT2D eigenvalue weighted by Crippen LogP contribution is 2.56. The average Bonchev–Trinajstić information content (AvgIpc) is 3.61. The highest BCUT2D eigenvalue weighted by atomic mass is 32.2. The number of aryl methyl sites for hydroxylation is 3. The van der Waals surface area contributed by atoms with E-state index in [1.807, 2.05) is 106 Å². The summed E-state index contributed by atoms with van der Waals surface area (Å²) >= 11 is 0. The number of rotatable bonds is 10. The van der Waals surface area contributed by atoms with Crippen molar-refractivity contribution in [1.82, 2.24) is 0 Å². The molecule has 312 valence electrons. The van der Waals surface area contributed by atoms with E-state index in [0.29, 0.717) is 22.4 Å². The summed E-state index contributed by atoms with van der Waals surface area (Å²) in [5.41, 5.74) is 11.8. The van der Waals surface area contributed by atoms with Crippen LogP contribution in [-0.2, 0) is 15.5 Å². The molecule has 1 N–H and O–H groups in total. The van der Waals surface area contributed by atoms with Crippen LogP contribution in [0.2, 0.25) is 0 Å². The van der Waals surface area contributed by atoms with Crippen LogP contribution in [0.3, 0.4) is 0 Å². The molecular formula is C55H44O7S. The minimum Gasteiger partial charge on any atom is -0.497 e. The largest absolute Gasteiger partial charge is 0.497 e. The van der Waals surface area contributed by atoms with E-state index in [1.165, 1.54) is 52.1 Å². The van der Waals surface area contributed by atoms with E-state index in [1.54, 1.807) is 13.2 Å². The van der Waals surface area contributed by atoms with Crippen molar-refractivity contribution in [3.8, 4) is 28.4 Å². The van der Waals surface area contributed by atoms with Gasteiger partial charge in [0, 0.05) is 22.3 Å². The first-order chi connectivity index (χ1) is 30.4. The lowest BCUT2D eigenvalue weighted by Crippen LogP contribution is -2.28. The number of methoxy groups -OCH3 is 1. The van der Waals surface area contributed by atoms with Crippen LogP contribution in [0.25, 0.3) is 11.1 Å². The van der Waals surface area contributed by atoms with Gasteiger partial charge in [0.1, 0.15) is 17.2 Å². The van der Waals surface area contributed by atoms with Gasteiger partial charge in [-0.15, -0.1) is 0 Å². The van der Waals surface area contributed by atoms with Gasteiger partial charge >= 0.3 is 0 Å². The molecule has 0 saturated heterocycles. The molecule has 0 heterocycles. The quantitative estimate of drug-likeness (QED) is 0.108. The minimum absolute atomic E-state index is 0.00291. The topological polar surface area (TPSA) is 107 Å². The van der Waals surface area contributed by atoms with Gasteiger partial charge in [-0.1, -0.05) is 132 Å². The molecule has 0 aliphatic heterocycles. The highest BCUT2D eigenvalue weighted by molar-refractivity contribution is 7.85. The molecule has 8 aromatic rings. The van der Waals surface area contributed by atoms with Crippen molar-refractivity contribution in [1.29, 1.82) is 0 Å². The maximum Gasteiger partial charge on any atom is 0.294 e. The predicted octanol–water partition coefficient (Wildman–Crippen LogP) is 12.2. The summed E-state index contributed by atoms with van der Waals surface area (Å²) in [7, 11) is -2.62. The lowest BCUT2D eigenvalue weighted by molar-refractivity contribution is 0.103. The number of fused-ring (bicyclic) bond motifs is 3. The van der Waals surface area contributed by atoms with Crippen LogP contribution < -0.4 is 9.47 Å². The number of hydrogen-bond acceptors (Lipinski definition) is 6. The van der Waals surface area contributed by atoms with Crippen LogP contribution in [0.5, 0.6) is 17.2 Å². The number of ketones is 2. The Bertz CT molecular complexity index is 3030. The van der Waals surface area contributed by atoms with E-state index < -0.39 is 15.5 Å². The van der Waals surface area contributed by atoms with E-state index >= 15 is 0 Å². The zero-order chi connectivity index (χ0) is 44.3. The molecule has 0 atom stereocenters. The molecule has 1 aliphatic rings. The summed E-state index contributed by atoms with van der Waals surface area (Å²) in [6.07, 6.45) is 0. The Morgan fingerprint density at radius 1 is 0.492 bits per heavy atom. The maximum atomic E-state index is 12.9. The van der Waals surface area contributed by atoms with E-state index in [9.17, 15) is 18.0 Å². The molecule has 0 amide bonds. The van der Waals surface area contributed by atoms with Crippen molar-refractivity contribution in [3.05, 3.63) is 249 Å². The average molecular weight is 849 g/mol. The van der Waals surface area contributed by atoms with Gasteiger partial charge in [0.25, 0.3) is 10.1 Å². The van der Waals surface area contributed by atoms with Gasteiger partial charge in [0.05, 0.1) is 17.4 Å². The molecule has 0 radical (unpaired) electrons. The Labute approximate surface area is 368 Å². The van der Waals surface area contributed by atoms with Gasteiger partial charge in [0.2, 0.25) is 0 Å². The van der Waals surface area contributed by atoms with Gasteiger partial charge < -0.3 is 9.47 Å². The molecule has 7 nitrogen and oxygen atoms in total. The standard InChI is InChI=1S/C40H30O3.C15H14O4S/c1-27-11-13-28(14-12-27)39(41)29-15-21-33(22-16-29)43-34-25-19-31(20-26-34)40(30-17-23-32(42-2)24-18-30)37-9-5-3-7-35(37)36-8-4-6-10-38(36)40;1-10-6-7-11(2)14(8-10)15(16)12-4-3-5-13(9-12)20(17,18)19/h3-26H,1-2H3;3-9H,1-2H3,(H,17,18,19). The first kappa shape index (κ1) is 42.3. The molecule has 0 unspecified atom stereocenters. The molecule has 0 saturated carbocycles. The van der Waals surface area contributed by atoms with Crippen molar-refractivity contribution in [2.45, 2.75) is 31.1 Å². The van der Waals surface area contributed by atoms with Gasteiger partial charge in [-0.05, 0) is 126 Å². The molecular weight excluding hydrogens is 805 g/mol. The molecule has 8 heteroatoms. The third kappa shape index (κ3) is 8.47. The SMILES string of the molecule is COc1ccc(C2(c3ccc(Oc4ccc(C(=O)c5ccc(C)cc5)cc4)cc3)c3ccccc3-c3ccccc32)cc1.Cc1ccc(C)c(C(=O)c2cccc(S(=O)(=O)O)c2)c1. The highest BCUT2D eigenvalue weighted by Gasteiger charge is 2.45. The Balaban J connectivity index is 0.000000229. The maximum absolute atomic E-state index is 12.9. The summed E-state index contributed by atoms with van der Waals surface area (Å²) in [6.45, 7) is 5.71. The van der Waals surface area contributed by atoms with Crippen molar-refractivity contribution >= 4 is 21.7 Å². The van der Waals surface area contributed by atoms with Crippen LogP contribution in [-0.4, -0.2) is 31.6 Å². The number of carbonyl (C=O) groups excluding carboxylic acids is 2. The molecule has 0 aromatic heterocycles. The van der Waals surface area contributed by atoms with Crippen molar-refractivity contribution in [2.75, 3.05) is 7.11 Å². The number of ether oxygens (including phenoxy) is 2. The molecule has 63 heavy (non-hydrogen) atoms. The summed E-state index contributed by atoms with van der Waals surface area (Å²) < 4.78 is 43.0. The van der Waals surface area contributed by atoms with E-state index in [-0.39, 0.29) is 22.0 Å². The zero-order valence-corrected chi connectivity index (χ0v) is 36.0. The third-order valence-electron chi connectivity index (χ3n) is 11.5.